The van der Waals surface area contributed by atoms with Gasteiger partial charge in [-0.15, -0.1) is 0 Å². The number of aromatic nitrogens is 3. The molecule has 2 N–H and O–H groups in total. The summed E-state index contributed by atoms with van der Waals surface area (Å²) in [6, 6.07) is 1.89. The molecule has 3 heterocycles. The first-order valence-corrected chi connectivity index (χ1v) is 8.80. The molecule has 1 fully saturated rings. The van der Waals surface area contributed by atoms with Crippen LogP contribution >= 0.6 is 0 Å². The third-order valence-electron chi connectivity index (χ3n) is 5.11. The predicted molar refractivity (Wildman–Crippen MR) is 98.7 cm³/mol. The molecule has 134 valence electrons. The van der Waals surface area contributed by atoms with Gasteiger partial charge in [0.2, 0.25) is 0 Å². The number of carboxylic acids is 1. The molecule has 0 amide bonds. The number of rotatable bonds is 5. The second kappa shape index (κ2) is 7.93. The Morgan fingerprint density at radius 1 is 1.23 bits per heavy atom. The van der Waals surface area contributed by atoms with E-state index in [9.17, 15) is 15.0 Å². The van der Waals surface area contributed by atoms with Crippen molar-refractivity contribution in [3.05, 3.63) is 35.3 Å². The first-order chi connectivity index (χ1) is 12.1. The van der Waals surface area contributed by atoms with E-state index in [-0.39, 0.29) is 31.1 Å². The summed E-state index contributed by atoms with van der Waals surface area (Å²) in [5.74, 6) is -0.986. The van der Waals surface area contributed by atoms with E-state index in [2.05, 4.69) is 15.0 Å². The third kappa shape index (κ3) is 3.58. The maximum atomic E-state index is 11.8. The summed E-state index contributed by atoms with van der Waals surface area (Å²) in [5.41, 5.74) is 3.73. The summed E-state index contributed by atoms with van der Waals surface area (Å²) in [4.78, 5) is 18.2. The number of aromatic carboxylic acids is 1. The molecule has 1 saturated heterocycles. The van der Waals surface area contributed by atoms with Gasteiger partial charge in [-0.1, -0.05) is 0 Å². The molecule has 0 aromatic carbocycles. The van der Waals surface area contributed by atoms with Gasteiger partial charge in [0.25, 0.3) is 0 Å². The SMILES string of the molecule is O=C(O)c1c2c(nn1CC(O)CN1CCCC1)-c1ccncc1CC2.[LiH]. The van der Waals surface area contributed by atoms with Crippen LogP contribution in [0.25, 0.3) is 11.3 Å². The van der Waals surface area contributed by atoms with Crippen molar-refractivity contribution >= 4 is 24.8 Å². The maximum absolute atomic E-state index is 11.8. The van der Waals surface area contributed by atoms with E-state index in [1.807, 2.05) is 12.3 Å². The molecule has 7 nitrogen and oxygen atoms in total. The Kier molecular flexibility index (Phi) is 5.83. The second-order valence-electron chi connectivity index (χ2n) is 6.86. The Hall–Kier alpha value is -1.65. The summed E-state index contributed by atoms with van der Waals surface area (Å²) in [6.45, 7) is 2.76. The zero-order valence-electron chi connectivity index (χ0n) is 14.1. The van der Waals surface area contributed by atoms with Gasteiger partial charge in [-0.2, -0.15) is 5.10 Å². The fourth-order valence-electron chi connectivity index (χ4n) is 3.96. The molecule has 1 atom stereocenters. The van der Waals surface area contributed by atoms with Crippen molar-refractivity contribution in [3.63, 3.8) is 0 Å². The molecule has 1 unspecified atom stereocenters. The van der Waals surface area contributed by atoms with Crippen molar-refractivity contribution in [1.82, 2.24) is 19.7 Å². The number of hydrogen-bond donors (Lipinski definition) is 2. The molecule has 0 bridgehead atoms. The zero-order valence-corrected chi connectivity index (χ0v) is 14.1. The van der Waals surface area contributed by atoms with E-state index < -0.39 is 12.1 Å². The van der Waals surface area contributed by atoms with E-state index in [4.69, 9.17) is 0 Å². The topological polar surface area (TPSA) is 91.5 Å². The number of fused-ring (bicyclic) bond motifs is 3. The van der Waals surface area contributed by atoms with E-state index in [0.29, 0.717) is 13.0 Å². The first kappa shape index (κ1) is 19.1. The Labute approximate surface area is 164 Å². The molecule has 26 heavy (non-hydrogen) atoms. The van der Waals surface area contributed by atoms with Gasteiger partial charge >= 0.3 is 24.8 Å². The number of hydrogen-bond acceptors (Lipinski definition) is 5. The van der Waals surface area contributed by atoms with Gasteiger partial charge in [0.15, 0.2) is 0 Å². The summed E-state index contributed by atoms with van der Waals surface area (Å²) in [7, 11) is 0. The van der Waals surface area contributed by atoms with Crippen LogP contribution in [0.3, 0.4) is 0 Å². The minimum atomic E-state index is -0.986. The van der Waals surface area contributed by atoms with E-state index in [1.54, 1.807) is 6.20 Å². The fourth-order valence-corrected chi connectivity index (χ4v) is 3.96. The molecule has 2 aliphatic rings. The number of aliphatic hydroxyl groups excluding tert-OH is 1. The van der Waals surface area contributed by atoms with Gasteiger partial charge in [-0.3, -0.25) is 9.67 Å². The summed E-state index contributed by atoms with van der Waals surface area (Å²) in [5, 5.41) is 24.7. The molecule has 2 aromatic heterocycles. The fraction of sp³-hybridized carbons (Fsp3) is 0.500. The molecule has 1 aliphatic heterocycles. The normalized spacial score (nSPS) is 17.3. The third-order valence-corrected chi connectivity index (χ3v) is 5.11. The molecule has 2 aromatic rings. The van der Waals surface area contributed by atoms with Crippen LogP contribution in [-0.4, -0.2) is 80.4 Å². The molecular weight excluding hydrogens is 327 g/mol. The van der Waals surface area contributed by atoms with Gasteiger partial charge in [-0.25, -0.2) is 4.79 Å². The summed E-state index contributed by atoms with van der Waals surface area (Å²) < 4.78 is 1.48. The van der Waals surface area contributed by atoms with Crippen molar-refractivity contribution in [2.45, 2.75) is 38.3 Å². The second-order valence-corrected chi connectivity index (χ2v) is 6.86. The van der Waals surface area contributed by atoms with Crippen LogP contribution in [0.2, 0.25) is 0 Å². The number of aliphatic hydroxyl groups is 1. The number of aryl methyl sites for hydroxylation is 1. The molecule has 1 aliphatic carbocycles. The Balaban J connectivity index is 0.00000196. The summed E-state index contributed by atoms with van der Waals surface area (Å²) in [6.07, 6.45) is 6.61. The van der Waals surface area contributed by atoms with Crippen molar-refractivity contribution < 1.29 is 15.0 Å². The predicted octanol–water partition coefficient (Wildman–Crippen LogP) is 0.550. The van der Waals surface area contributed by atoms with Crippen LogP contribution in [0.15, 0.2) is 18.5 Å². The van der Waals surface area contributed by atoms with Crippen LogP contribution in [0.1, 0.15) is 34.5 Å². The van der Waals surface area contributed by atoms with Gasteiger partial charge < -0.3 is 15.1 Å². The number of pyridine rings is 1. The number of likely N-dealkylation sites (tertiary alicyclic amines) is 1. The van der Waals surface area contributed by atoms with E-state index in [0.717, 1.165) is 54.7 Å². The van der Waals surface area contributed by atoms with Crippen LogP contribution in [0.4, 0.5) is 0 Å². The van der Waals surface area contributed by atoms with Gasteiger partial charge in [-0.05, 0) is 50.4 Å². The van der Waals surface area contributed by atoms with Crippen LogP contribution in [0, 0.1) is 0 Å². The van der Waals surface area contributed by atoms with Crippen LogP contribution in [-0.2, 0) is 19.4 Å². The van der Waals surface area contributed by atoms with E-state index >= 15 is 0 Å². The zero-order chi connectivity index (χ0) is 17.4. The quantitative estimate of drug-likeness (QED) is 0.766. The van der Waals surface area contributed by atoms with Gasteiger partial charge in [0.05, 0.1) is 18.3 Å². The molecule has 4 rings (SSSR count). The number of nitrogens with zero attached hydrogens (tertiary/aromatic N) is 4. The van der Waals surface area contributed by atoms with Gasteiger partial charge in [0, 0.05) is 30.1 Å². The number of β-amino-alcohol motifs (C(OH)–C–C–N with tert-alkyl or cyclic N) is 1. The van der Waals surface area contributed by atoms with E-state index in [1.165, 1.54) is 4.68 Å². The number of carbonyl (C=O) groups is 1. The van der Waals surface area contributed by atoms with Gasteiger partial charge in [0.1, 0.15) is 5.69 Å². The average Bonchev–Trinajstić information content (AvgIpc) is 3.21. The van der Waals surface area contributed by atoms with Crippen molar-refractivity contribution in [1.29, 1.82) is 0 Å². The minimum absolute atomic E-state index is 0. The Morgan fingerprint density at radius 2 is 2.00 bits per heavy atom. The standard InChI is InChI=1S/C18H22N4O3.Li.H/c23-13(10-21-7-1-2-8-21)11-22-17(18(24)25)15-4-3-12-9-19-6-5-14(12)16(15)20-22;;/h5-6,9,13,23H,1-4,7-8,10-11H2,(H,24,25);;. The monoisotopic (exact) mass is 350 g/mol. The molecular formula is C18H23LiN4O3. The molecule has 0 radical (unpaired) electrons. The van der Waals surface area contributed by atoms with Crippen LogP contribution in [0.5, 0.6) is 0 Å². The molecule has 0 spiro atoms. The Morgan fingerprint density at radius 3 is 2.73 bits per heavy atom. The summed E-state index contributed by atoms with van der Waals surface area (Å²) >= 11 is 0. The van der Waals surface area contributed by atoms with Crippen LogP contribution < -0.4 is 0 Å². The van der Waals surface area contributed by atoms with Crippen molar-refractivity contribution in [2.75, 3.05) is 19.6 Å². The first-order valence-electron chi connectivity index (χ1n) is 8.80. The van der Waals surface area contributed by atoms with Crippen molar-refractivity contribution in [3.8, 4) is 11.3 Å². The molecule has 8 heteroatoms. The number of carboxylic acid groups (broad SMARTS) is 1. The molecule has 0 saturated carbocycles. The van der Waals surface area contributed by atoms with Crippen molar-refractivity contribution in [2.24, 2.45) is 0 Å². The Bertz CT molecular complexity index is 802. The average molecular weight is 350 g/mol.